The van der Waals surface area contributed by atoms with Gasteiger partial charge in [-0.3, -0.25) is 0 Å². The smallest absolute Gasteiger partial charge is 0.00340 e. The highest BCUT2D eigenvalue weighted by Gasteiger charge is 2.22. The van der Waals surface area contributed by atoms with E-state index >= 15 is 0 Å². The molecule has 0 saturated heterocycles. The standard InChI is InChI=1S/C11H20Br2/c12-8-6-11(7-9-13)10-4-2-1-3-5-10/h10-11H,1-9H2. The molecular weight excluding hydrogens is 292 g/mol. The molecule has 1 saturated carbocycles. The molecule has 0 bridgehead atoms. The molecule has 0 aliphatic heterocycles. The molecule has 0 heterocycles. The van der Waals surface area contributed by atoms with Crippen LogP contribution >= 0.6 is 31.9 Å². The Balaban J connectivity index is 2.32. The summed E-state index contributed by atoms with van der Waals surface area (Å²) in [5, 5.41) is 2.36. The maximum Gasteiger partial charge on any atom is 0.00340 e. The van der Waals surface area contributed by atoms with Crippen LogP contribution in [0.15, 0.2) is 0 Å². The molecule has 0 nitrogen and oxygen atoms in total. The van der Waals surface area contributed by atoms with E-state index in [-0.39, 0.29) is 0 Å². The molecule has 1 fully saturated rings. The van der Waals surface area contributed by atoms with Crippen molar-refractivity contribution in [2.75, 3.05) is 10.7 Å². The fraction of sp³-hybridized carbons (Fsp3) is 1.00. The molecule has 0 unspecified atom stereocenters. The Kier molecular flexibility index (Phi) is 6.74. The highest BCUT2D eigenvalue weighted by molar-refractivity contribution is 9.09. The summed E-state index contributed by atoms with van der Waals surface area (Å²) in [5.41, 5.74) is 0. The first-order valence-electron chi connectivity index (χ1n) is 5.50. The average Bonchev–Trinajstić information content (AvgIpc) is 2.19. The second-order valence-electron chi connectivity index (χ2n) is 4.11. The Hall–Kier alpha value is 0.960. The van der Waals surface area contributed by atoms with Gasteiger partial charge in [-0.05, 0) is 24.7 Å². The lowest BCUT2D eigenvalue weighted by molar-refractivity contribution is 0.239. The summed E-state index contributed by atoms with van der Waals surface area (Å²) in [6.07, 6.45) is 10.2. The zero-order chi connectivity index (χ0) is 9.52. The molecule has 2 heteroatoms. The predicted molar refractivity (Wildman–Crippen MR) is 66.9 cm³/mol. The average molecular weight is 312 g/mol. The molecule has 0 aromatic carbocycles. The van der Waals surface area contributed by atoms with Gasteiger partial charge in [-0.1, -0.05) is 64.0 Å². The van der Waals surface area contributed by atoms with E-state index in [0.717, 1.165) is 11.8 Å². The summed E-state index contributed by atoms with van der Waals surface area (Å²) in [6.45, 7) is 0. The van der Waals surface area contributed by atoms with Crippen LogP contribution in [0, 0.1) is 11.8 Å². The Morgan fingerprint density at radius 2 is 1.46 bits per heavy atom. The van der Waals surface area contributed by atoms with Gasteiger partial charge in [0, 0.05) is 10.7 Å². The molecule has 78 valence electrons. The van der Waals surface area contributed by atoms with E-state index < -0.39 is 0 Å². The van der Waals surface area contributed by atoms with Crippen LogP contribution in [0.5, 0.6) is 0 Å². The number of hydrogen-bond acceptors (Lipinski definition) is 0. The van der Waals surface area contributed by atoms with E-state index in [1.165, 1.54) is 55.6 Å². The third-order valence-electron chi connectivity index (χ3n) is 3.28. The normalized spacial score (nSPS) is 19.6. The van der Waals surface area contributed by atoms with Crippen molar-refractivity contribution >= 4 is 31.9 Å². The van der Waals surface area contributed by atoms with Gasteiger partial charge >= 0.3 is 0 Å². The second kappa shape index (κ2) is 7.28. The van der Waals surface area contributed by atoms with Crippen LogP contribution in [0.25, 0.3) is 0 Å². The Bertz CT molecular complexity index is 113. The number of rotatable bonds is 5. The van der Waals surface area contributed by atoms with Crippen molar-refractivity contribution in [2.45, 2.75) is 44.9 Å². The molecule has 0 radical (unpaired) electrons. The molecular formula is C11H20Br2. The molecule has 1 aliphatic carbocycles. The van der Waals surface area contributed by atoms with Crippen LogP contribution in [-0.2, 0) is 0 Å². The number of halogens is 2. The van der Waals surface area contributed by atoms with E-state index in [0.29, 0.717) is 0 Å². The van der Waals surface area contributed by atoms with Gasteiger partial charge in [0.25, 0.3) is 0 Å². The zero-order valence-corrected chi connectivity index (χ0v) is 11.4. The summed E-state index contributed by atoms with van der Waals surface area (Å²) in [5.74, 6) is 2.00. The number of alkyl halides is 2. The van der Waals surface area contributed by atoms with Crippen molar-refractivity contribution < 1.29 is 0 Å². The first-order valence-corrected chi connectivity index (χ1v) is 7.74. The van der Waals surface area contributed by atoms with Gasteiger partial charge < -0.3 is 0 Å². The monoisotopic (exact) mass is 310 g/mol. The van der Waals surface area contributed by atoms with Crippen LogP contribution in [0.4, 0.5) is 0 Å². The van der Waals surface area contributed by atoms with Gasteiger partial charge in [-0.2, -0.15) is 0 Å². The van der Waals surface area contributed by atoms with Crippen molar-refractivity contribution in [1.82, 2.24) is 0 Å². The van der Waals surface area contributed by atoms with Crippen LogP contribution in [0.3, 0.4) is 0 Å². The van der Waals surface area contributed by atoms with E-state index in [1.807, 2.05) is 0 Å². The van der Waals surface area contributed by atoms with Gasteiger partial charge in [0.05, 0.1) is 0 Å². The highest BCUT2D eigenvalue weighted by atomic mass is 79.9. The summed E-state index contributed by atoms with van der Waals surface area (Å²) in [6, 6.07) is 0. The quantitative estimate of drug-likeness (QED) is 0.643. The molecule has 1 rings (SSSR count). The molecule has 13 heavy (non-hydrogen) atoms. The lowest BCUT2D eigenvalue weighted by Gasteiger charge is -2.29. The Labute approximate surface area is 99.1 Å². The van der Waals surface area contributed by atoms with Crippen molar-refractivity contribution in [3.8, 4) is 0 Å². The molecule has 0 spiro atoms. The Morgan fingerprint density at radius 1 is 0.923 bits per heavy atom. The van der Waals surface area contributed by atoms with E-state index in [9.17, 15) is 0 Å². The third kappa shape index (κ3) is 4.33. The second-order valence-corrected chi connectivity index (χ2v) is 5.70. The van der Waals surface area contributed by atoms with E-state index in [2.05, 4.69) is 31.9 Å². The minimum atomic E-state index is 0.971. The zero-order valence-electron chi connectivity index (χ0n) is 8.27. The maximum atomic E-state index is 3.57. The Morgan fingerprint density at radius 3 is 1.92 bits per heavy atom. The molecule has 0 aromatic rings. The van der Waals surface area contributed by atoms with Crippen LogP contribution in [0.1, 0.15) is 44.9 Å². The van der Waals surface area contributed by atoms with E-state index in [4.69, 9.17) is 0 Å². The van der Waals surface area contributed by atoms with Gasteiger partial charge in [-0.15, -0.1) is 0 Å². The topological polar surface area (TPSA) is 0 Å². The fourth-order valence-electron chi connectivity index (χ4n) is 2.50. The largest absolute Gasteiger partial charge is 0.0928 e. The van der Waals surface area contributed by atoms with E-state index in [1.54, 1.807) is 0 Å². The lowest BCUT2D eigenvalue weighted by atomic mass is 9.78. The summed E-state index contributed by atoms with van der Waals surface area (Å²) < 4.78 is 0. The van der Waals surface area contributed by atoms with Crippen molar-refractivity contribution in [1.29, 1.82) is 0 Å². The van der Waals surface area contributed by atoms with Crippen LogP contribution in [0.2, 0.25) is 0 Å². The summed E-state index contributed by atoms with van der Waals surface area (Å²) in [4.78, 5) is 0. The molecule has 1 aliphatic rings. The van der Waals surface area contributed by atoms with Crippen LogP contribution in [-0.4, -0.2) is 10.7 Å². The third-order valence-corrected chi connectivity index (χ3v) is 4.19. The maximum absolute atomic E-state index is 3.57. The van der Waals surface area contributed by atoms with Gasteiger partial charge in [0.2, 0.25) is 0 Å². The van der Waals surface area contributed by atoms with Crippen molar-refractivity contribution in [2.24, 2.45) is 11.8 Å². The van der Waals surface area contributed by atoms with Crippen molar-refractivity contribution in [3.63, 3.8) is 0 Å². The molecule has 0 atom stereocenters. The lowest BCUT2D eigenvalue weighted by Crippen LogP contribution is -2.18. The SMILES string of the molecule is BrCCC(CCBr)C1CCCCC1. The first kappa shape index (κ1) is 12.0. The number of hydrogen-bond donors (Lipinski definition) is 0. The van der Waals surface area contributed by atoms with Gasteiger partial charge in [0.15, 0.2) is 0 Å². The van der Waals surface area contributed by atoms with Crippen LogP contribution < -0.4 is 0 Å². The molecule has 0 N–H and O–H groups in total. The van der Waals surface area contributed by atoms with Gasteiger partial charge in [-0.25, -0.2) is 0 Å². The molecule has 0 amide bonds. The fourth-order valence-corrected chi connectivity index (χ4v) is 3.68. The minimum Gasteiger partial charge on any atom is -0.0928 e. The van der Waals surface area contributed by atoms with Crippen molar-refractivity contribution in [3.05, 3.63) is 0 Å². The summed E-state index contributed by atoms with van der Waals surface area (Å²) >= 11 is 7.14. The first-order chi connectivity index (χ1) is 6.38. The summed E-state index contributed by atoms with van der Waals surface area (Å²) in [7, 11) is 0. The predicted octanol–water partition coefficient (Wildman–Crippen LogP) is 4.75. The molecule has 0 aromatic heterocycles. The minimum absolute atomic E-state index is 0.971. The van der Waals surface area contributed by atoms with Gasteiger partial charge in [0.1, 0.15) is 0 Å². The highest BCUT2D eigenvalue weighted by Crippen LogP contribution is 2.34.